The van der Waals surface area contributed by atoms with Crippen LogP contribution in [0.15, 0.2) is 30.3 Å². The normalized spacial score (nSPS) is 12.2. The average Bonchev–Trinajstić information content (AvgIpc) is 2.36. The second-order valence-corrected chi connectivity index (χ2v) is 4.58. The first-order valence-corrected chi connectivity index (χ1v) is 6.42. The molecule has 0 unspecified atom stereocenters. The van der Waals surface area contributed by atoms with Gasteiger partial charge in [0.05, 0.1) is 27.2 Å². The minimum Gasteiger partial charge on any atom is -0.481 e. The van der Waals surface area contributed by atoms with Crippen LogP contribution in [0.5, 0.6) is 5.75 Å². The molecule has 0 saturated carbocycles. The first-order valence-electron chi connectivity index (χ1n) is 6.42. The van der Waals surface area contributed by atoms with Crippen molar-refractivity contribution in [1.82, 2.24) is 5.32 Å². The molecule has 0 aromatic heterocycles. The molecule has 0 radical (unpaired) electrons. The molecule has 1 rings (SSSR count). The van der Waals surface area contributed by atoms with E-state index in [1.54, 1.807) is 0 Å². The number of nitrogens with one attached hydrogen (secondary N) is 2. The highest BCUT2D eigenvalue weighted by molar-refractivity contribution is 5.81. The Morgan fingerprint density at radius 3 is 2.56 bits per heavy atom. The maximum absolute atomic E-state index is 11.9. The number of benzene rings is 1. The van der Waals surface area contributed by atoms with E-state index < -0.39 is 6.10 Å². The van der Waals surface area contributed by atoms with Gasteiger partial charge in [-0.25, -0.2) is 0 Å². The second kappa shape index (κ2) is 7.71. The van der Waals surface area contributed by atoms with Gasteiger partial charge < -0.3 is 15.0 Å². The molecule has 1 aromatic rings. The van der Waals surface area contributed by atoms with Crippen molar-refractivity contribution in [1.29, 1.82) is 0 Å². The Hall–Kier alpha value is -1.55. The zero-order valence-electron chi connectivity index (χ0n) is 11.4. The van der Waals surface area contributed by atoms with Crippen LogP contribution in [-0.2, 0) is 4.79 Å². The van der Waals surface area contributed by atoms with Crippen LogP contribution in [0.4, 0.5) is 0 Å². The van der Waals surface area contributed by atoms with E-state index in [0.717, 1.165) is 12.3 Å². The summed E-state index contributed by atoms with van der Waals surface area (Å²) in [5.41, 5.74) is 0. The summed E-state index contributed by atoms with van der Waals surface area (Å²) in [4.78, 5) is 13.2. The summed E-state index contributed by atoms with van der Waals surface area (Å²) in [5.74, 6) is 0.695. The number of quaternary nitrogens is 1. The number of likely N-dealkylation sites (N-methyl/N-ethyl adjacent to an activating group) is 1. The zero-order chi connectivity index (χ0) is 13.4. The molecule has 0 spiro atoms. The van der Waals surface area contributed by atoms with Gasteiger partial charge in [0, 0.05) is 0 Å². The summed E-state index contributed by atoms with van der Waals surface area (Å²) in [5, 5.41) is 2.90. The number of hydrogen-bond donors (Lipinski definition) is 2. The molecule has 1 aromatic carbocycles. The molecule has 0 aliphatic heterocycles. The smallest absolute Gasteiger partial charge is 0.261 e. The van der Waals surface area contributed by atoms with Gasteiger partial charge in [0.15, 0.2) is 6.10 Å². The lowest BCUT2D eigenvalue weighted by molar-refractivity contribution is -0.856. The van der Waals surface area contributed by atoms with E-state index in [1.807, 2.05) is 37.3 Å². The maximum Gasteiger partial charge on any atom is 0.261 e. The van der Waals surface area contributed by atoms with Crippen LogP contribution in [-0.4, -0.2) is 39.2 Å². The van der Waals surface area contributed by atoms with Crippen molar-refractivity contribution >= 4 is 5.91 Å². The van der Waals surface area contributed by atoms with Crippen LogP contribution >= 0.6 is 0 Å². The Bertz CT molecular complexity index is 352. The fraction of sp³-hybridized carbons (Fsp3) is 0.500. The molecule has 0 aliphatic rings. The number of hydrogen-bond acceptors (Lipinski definition) is 2. The lowest BCUT2D eigenvalue weighted by atomic mass is 10.2. The third-order valence-electron chi connectivity index (χ3n) is 2.61. The van der Waals surface area contributed by atoms with E-state index in [1.165, 1.54) is 4.90 Å². The van der Waals surface area contributed by atoms with Crippen LogP contribution in [0.25, 0.3) is 0 Å². The van der Waals surface area contributed by atoms with E-state index in [0.29, 0.717) is 13.0 Å². The minimum absolute atomic E-state index is 0.0393. The van der Waals surface area contributed by atoms with Gasteiger partial charge in [0.25, 0.3) is 5.91 Å². The number of carbonyl (C=O) groups excluding carboxylic acids is 1. The molecule has 4 nitrogen and oxygen atoms in total. The lowest BCUT2D eigenvalue weighted by Crippen LogP contribution is -3.06. The lowest BCUT2D eigenvalue weighted by Gasteiger charge is -2.17. The highest BCUT2D eigenvalue weighted by atomic mass is 16.5. The summed E-state index contributed by atoms with van der Waals surface area (Å²) in [6.45, 7) is 3.54. The highest BCUT2D eigenvalue weighted by Crippen LogP contribution is 2.12. The summed E-state index contributed by atoms with van der Waals surface area (Å²) in [6.07, 6.45) is 0.250. The molecule has 0 bridgehead atoms. The topological polar surface area (TPSA) is 42.8 Å². The van der Waals surface area contributed by atoms with E-state index in [2.05, 4.69) is 19.4 Å². The molecule has 0 aliphatic carbocycles. The Balaban J connectivity index is 2.43. The van der Waals surface area contributed by atoms with Crippen molar-refractivity contribution in [3.8, 4) is 5.75 Å². The summed E-state index contributed by atoms with van der Waals surface area (Å²) in [6, 6.07) is 9.44. The molecule has 0 saturated heterocycles. The van der Waals surface area contributed by atoms with Crippen molar-refractivity contribution in [2.45, 2.75) is 19.4 Å². The molecule has 1 atom stereocenters. The largest absolute Gasteiger partial charge is 0.481 e. The van der Waals surface area contributed by atoms with Crippen LogP contribution in [0, 0.1) is 0 Å². The summed E-state index contributed by atoms with van der Waals surface area (Å²) in [7, 11) is 4.12. The third-order valence-corrected chi connectivity index (χ3v) is 2.61. The first kappa shape index (κ1) is 14.5. The predicted molar refractivity (Wildman–Crippen MR) is 71.8 cm³/mol. The van der Waals surface area contributed by atoms with Gasteiger partial charge >= 0.3 is 0 Å². The van der Waals surface area contributed by atoms with Crippen molar-refractivity contribution in [3.63, 3.8) is 0 Å². The molecule has 4 heteroatoms. The fourth-order valence-electron chi connectivity index (χ4n) is 1.54. The van der Waals surface area contributed by atoms with Crippen molar-refractivity contribution < 1.29 is 14.4 Å². The SMILES string of the molecule is CC[C@@H](Oc1ccccc1)C(=O)NCC[NH+](C)C. The Labute approximate surface area is 109 Å². The van der Waals surface area contributed by atoms with Gasteiger partial charge in [-0.3, -0.25) is 4.79 Å². The summed E-state index contributed by atoms with van der Waals surface area (Å²) < 4.78 is 5.66. The number of carbonyl (C=O) groups is 1. The summed E-state index contributed by atoms with van der Waals surface area (Å²) >= 11 is 0. The molecule has 18 heavy (non-hydrogen) atoms. The minimum atomic E-state index is -0.412. The van der Waals surface area contributed by atoms with E-state index in [4.69, 9.17) is 4.74 Å². The van der Waals surface area contributed by atoms with Gasteiger partial charge in [-0.1, -0.05) is 25.1 Å². The number of para-hydroxylation sites is 1. The fourth-order valence-corrected chi connectivity index (χ4v) is 1.54. The van der Waals surface area contributed by atoms with E-state index in [-0.39, 0.29) is 5.91 Å². The first-order chi connectivity index (χ1) is 8.63. The molecular formula is C14H23N2O2+. The van der Waals surface area contributed by atoms with Crippen LogP contribution in [0.3, 0.4) is 0 Å². The van der Waals surface area contributed by atoms with Gasteiger partial charge in [0.2, 0.25) is 0 Å². The van der Waals surface area contributed by atoms with Gasteiger partial charge in [-0.15, -0.1) is 0 Å². The second-order valence-electron chi connectivity index (χ2n) is 4.58. The average molecular weight is 251 g/mol. The number of rotatable bonds is 7. The van der Waals surface area contributed by atoms with Crippen LogP contribution in [0.2, 0.25) is 0 Å². The maximum atomic E-state index is 11.9. The van der Waals surface area contributed by atoms with E-state index in [9.17, 15) is 4.79 Å². The van der Waals surface area contributed by atoms with Crippen LogP contribution in [0.1, 0.15) is 13.3 Å². The molecular weight excluding hydrogens is 228 g/mol. The highest BCUT2D eigenvalue weighted by Gasteiger charge is 2.17. The molecule has 0 heterocycles. The third kappa shape index (κ3) is 5.19. The van der Waals surface area contributed by atoms with Gasteiger partial charge in [0.1, 0.15) is 5.75 Å². The van der Waals surface area contributed by atoms with Gasteiger partial charge in [-0.2, -0.15) is 0 Å². The molecule has 2 N–H and O–H groups in total. The predicted octanol–water partition coefficient (Wildman–Crippen LogP) is 0.105. The molecule has 100 valence electrons. The Morgan fingerprint density at radius 1 is 1.33 bits per heavy atom. The van der Waals surface area contributed by atoms with Crippen molar-refractivity contribution in [3.05, 3.63) is 30.3 Å². The van der Waals surface area contributed by atoms with Crippen molar-refractivity contribution in [2.75, 3.05) is 27.2 Å². The standard InChI is InChI=1S/C14H22N2O2/c1-4-13(14(17)15-10-11-16(2)3)18-12-8-6-5-7-9-12/h5-9,13H,4,10-11H2,1-3H3,(H,15,17)/p+1/t13-/m1/s1. The Morgan fingerprint density at radius 2 is 2.00 bits per heavy atom. The monoisotopic (exact) mass is 251 g/mol. The van der Waals surface area contributed by atoms with Crippen LogP contribution < -0.4 is 15.0 Å². The number of ether oxygens (including phenoxy) is 1. The molecule has 1 amide bonds. The number of amides is 1. The van der Waals surface area contributed by atoms with Crippen molar-refractivity contribution in [2.24, 2.45) is 0 Å². The Kier molecular flexibility index (Phi) is 6.22. The molecule has 0 fully saturated rings. The quantitative estimate of drug-likeness (QED) is 0.722. The van der Waals surface area contributed by atoms with E-state index >= 15 is 0 Å². The van der Waals surface area contributed by atoms with Gasteiger partial charge in [-0.05, 0) is 18.6 Å². The zero-order valence-corrected chi connectivity index (χ0v) is 11.4.